The van der Waals surface area contributed by atoms with Crippen molar-refractivity contribution in [2.45, 2.75) is 45.3 Å². The zero-order valence-electron chi connectivity index (χ0n) is 20.0. The molecule has 0 aromatic heterocycles. The number of nitrogens with zero attached hydrogens (tertiary/aromatic N) is 2. The molecule has 0 aliphatic carbocycles. The van der Waals surface area contributed by atoms with E-state index in [-0.39, 0.29) is 17.9 Å². The first kappa shape index (κ1) is 25.9. The Hall–Kier alpha value is -2.74. The second kappa shape index (κ2) is 10.3. The molecule has 1 unspecified atom stereocenters. The number of carbonyl (C=O) groups is 3. The van der Waals surface area contributed by atoms with E-state index in [1.165, 1.54) is 13.2 Å². The average molecular weight is 487 g/mol. The van der Waals surface area contributed by atoms with Gasteiger partial charge in [-0.3, -0.25) is 9.80 Å². The van der Waals surface area contributed by atoms with Crippen LogP contribution in [-0.2, 0) is 15.1 Å². The summed E-state index contributed by atoms with van der Waals surface area (Å²) in [4.78, 5) is 36.9. The highest BCUT2D eigenvalue weighted by Crippen LogP contribution is 2.46. The molecule has 182 valence electrons. The van der Waals surface area contributed by atoms with Gasteiger partial charge in [-0.1, -0.05) is 43.6 Å². The molecule has 0 saturated carbocycles. The molecular formula is C26H31ClN2O5. The van der Waals surface area contributed by atoms with E-state index in [1.54, 1.807) is 35.3 Å². The van der Waals surface area contributed by atoms with Gasteiger partial charge in [0.05, 0.1) is 24.3 Å². The highest BCUT2D eigenvalue weighted by atomic mass is 35.5. The quantitative estimate of drug-likeness (QED) is 0.468. The highest BCUT2D eigenvalue weighted by molar-refractivity contribution is 6.30. The number of amides is 1. The van der Waals surface area contributed by atoms with Crippen LogP contribution in [0.4, 0.5) is 0 Å². The fourth-order valence-electron chi connectivity index (χ4n) is 4.62. The topological polar surface area (TPSA) is 87.2 Å². The largest absolute Gasteiger partial charge is 0.465 e. The maximum Gasteiger partial charge on any atom is 0.337 e. The molecule has 0 bridgehead atoms. The molecule has 34 heavy (non-hydrogen) atoms. The molecular weight excluding hydrogens is 456 g/mol. The Kier molecular flexibility index (Phi) is 7.81. The number of hydrogen-bond donors (Lipinski definition) is 1. The molecule has 8 heteroatoms. The normalized spacial score (nSPS) is 20.9. The molecule has 3 rings (SSSR count). The summed E-state index contributed by atoms with van der Waals surface area (Å²) >= 11 is 6.04. The van der Waals surface area contributed by atoms with Crippen molar-refractivity contribution >= 4 is 29.8 Å². The van der Waals surface area contributed by atoms with Gasteiger partial charge in [-0.05, 0) is 49.2 Å². The lowest BCUT2D eigenvalue weighted by atomic mass is 9.67. The van der Waals surface area contributed by atoms with Crippen LogP contribution in [0.2, 0.25) is 5.02 Å². The fourth-order valence-corrected chi connectivity index (χ4v) is 4.74. The van der Waals surface area contributed by atoms with E-state index in [0.717, 1.165) is 11.8 Å². The number of esters is 1. The zero-order chi connectivity index (χ0) is 25.1. The smallest absolute Gasteiger partial charge is 0.337 e. The van der Waals surface area contributed by atoms with Crippen LogP contribution in [0.5, 0.6) is 0 Å². The van der Waals surface area contributed by atoms with Crippen LogP contribution < -0.4 is 0 Å². The van der Waals surface area contributed by atoms with Crippen molar-refractivity contribution in [3.63, 3.8) is 0 Å². The van der Waals surface area contributed by atoms with Crippen LogP contribution in [-0.4, -0.2) is 59.5 Å². The number of hydrazine groups is 1. The van der Waals surface area contributed by atoms with Crippen LogP contribution in [0.15, 0.2) is 48.5 Å². The van der Waals surface area contributed by atoms with Gasteiger partial charge >= 0.3 is 5.97 Å². The van der Waals surface area contributed by atoms with Gasteiger partial charge in [0.2, 0.25) is 0 Å². The second-order valence-corrected chi connectivity index (χ2v) is 9.80. The van der Waals surface area contributed by atoms with E-state index in [1.807, 2.05) is 37.9 Å². The number of aldehydes is 1. The first-order valence-electron chi connectivity index (χ1n) is 11.2. The monoisotopic (exact) mass is 486 g/mol. The van der Waals surface area contributed by atoms with Crippen molar-refractivity contribution < 1.29 is 24.2 Å². The third-order valence-electron chi connectivity index (χ3n) is 6.65. The molecule has 1 saturated heterocycles. The molecule has 2 aromatic rings. The Balaban J connectivity index is 1.93. The molecule has 2 aromatic carbocycles. The van der Waals surface area contributed by atoms with Crippen molar-refractivity contribution in [3.8, 4) is 0 Å². The fraction of sp³-hybridized carbons (Fsp3) is 0.423. The van der Waals surface area contributed by atoms with Gasteiger partial charge in [0.25, 0.3) is 5.91 Å². The molecule has 1 N–H and O–H groups in total. The number of benzene rings is 2. The van der Waals surface area contributed by atoms with Gasteiger partial charge in [0.1, 0.15) is 6.29 Å². The number of halogens is 1. The van der Waals surface area contributed by atoms with Gasteiger partial charge in [-0.2, -0.15) is 0 Å². The summed E-state index contributed by atoms with van der Waals surface area (Å²) in [7, 11) is 1.28. The number of aliphatic hydroxyl groups is 1. The lowest BCUT2D eigenvalue weighted by Crippen LogP contribution is -2.62. The van der Waals surface area contributed by atoms with Crippen LogP contribution in [0.1, 0.15) is 59.9 Å². The lowest BCUT2D eigenvalue weighted by Gasteiger charge is -2.53. The minimum absolute atomic E-state index is 0.154. The van der Waals surface area contributed by atoms with Crippen LogP contribution in [0.25, 0.3) is 0 Å². The summed E-state index contributed by atoms with van der Waals surface area (Å²) in [6.07, 6.45) is 1.32. The maximum absolute atomic E-state index is 13.6. The van der Waals surface area contributed by atoms with Crippen LogP contribution >= 0.6 is 11.6 Å². The number of piperidine rings is 1. The zero-order valence-corrected chi connectivity index (χ0v) is 20.7. The van der Waals surface area contributed by atoms with Gasteiger partial charge in [-0.15, -0.1) is 0 Å². The number of methoxy groups -OCH3 is 1. The summed E-state index contributed by atoms with van der Waals surface area (Å²) in [5, 5.41) is 15.8. The third-order valence-corrected chi connectivity index (χ3v) is 6.90. The Bertz CT molecular complexity index is 1060. The Labute approximate surface area is 205 Å². The minimum atomic E-state index is -1.12. The molecule has 0 radical (unpaired) electrons. The first-order valence-corrected chi connectivity index (χ1v) is 11.6. The van der Waals surface area contributed by atoms with Crippen molar-refractivity contribution in [2.75, 3.05) is 20.2 Å². The molecule has 1 amide bonds. The SMILES string of the molecule is COC(=O)c1cccc(C(=O)N(C(C)CC=O)N2CC[C@@](O)(c3ccc(Cl)cc3)C(C)(C)C2)c1. The molecule has 1 aliphatic heterocycles. The summed E-state index contributed by atoms with van der Waals surface area (Å²) in [5.74, 6) is -0.859. The number of carbonyl (C=O) groups excluding carboxylic acids is 3. The van der Waals surface area contributed by atoms with Gasteiger partial charge in [0.15, 0.2) is 0 Å². The summed E-state index contributed by atoms with van der Waals surface area (Å²) < 4.78 is 4.78. The van der Waals surface area contributed by atoms with Crippen molar-refractivity contribution in [1.82, 2.24) is 10.0 Å². The summed E-state index contributed by atoms with van der Waals surface area (Å²) in [6, 6.07) is 13.1. The second-order valence-electron chi connectivity index (χ2n) is 9.36. The molecule has 2 atom stereocenters. The van der Waals surface area contributed by atoms with E-state index in [4.69, 9.17) is 16.3 Å². The van der Waals surface area contributed by atoms with Crippen LogP contribution in [0, 0.1) is 5.41 Å². The van der Waals surface area contributed by atoms with Gasteiger partial charge in [-0.25, -0.2) is 9.80 Å². The average Bonchev–Trinajstić information content (AvgIpc) is 2.81. The number of hydrogen-bond acceptors (Lipinski definition) is 6. The van der Waals surface area contributed by atoms with Crippen molar-refractivity contribution in [1.29, 1.82) is 0 Å². The van der Waals surface area contributed by atoms with E-state index >= 15 is 0 Å². The molecule has 7 nitrogen and oxygen atoms in total. The minimum Gasteiger partial charge on any atom is -0.465 e. The maximum atomic E-state index is 13.6. The summed E-state index contributed by atoms with van der Waals surface area (Å²) in [5.41, 5.74) is -0.399. The van der Waals surface area contributed by atoms with Crippen molar-refractivity contribution in [2.24, 2.45) is 5.41 Å². The van der Waals surface area contributed by atoms with E-state index in [0.29, 0.717) is 30.1 Å². The lowest BCUT2D eigenvalue weighted by molar-refractivity contribution is -0.170. The molecule has 0 spiro atoms. The standard InChI is InChI=1S/C26H31ClN2O5/c1-18(12-15-30)29(23(31)19-6-5-7-20(16-19)24(32)34-4)28-14-13-26(33,25(2,3)17-28)21-8-10-22(27)11-9-21/h5-11,15-16,18,33H,12-14,17H2,1-4H3/t18?,26-/m1/s1. The van der Waals surface area contributed by atoms with Gasteiger partial charge < -0.3 is 14.6 Å². The Morgan fingerprint density at radius 3 is 2.44 bits per heavy atom. The van der Waals surface area contributed by atoms with E-state index in [2.05, 4.69) is 0 Å². The van der Waals surface area contributed by atoms with Gasteiger partial charge in [0, 0.05) is 35.5 Å². The van der Waals surface area contributed by atoms with E-state index in [9.17, 15) is 19.5 Å². The Morgan fingerprint density at radius 2 is 1.85 bits per heavy atom. The predicted octanol–water partition coefficient (Wildman–Crippen LogP) is 4.08. The molecule has 1 aliphatic rings. The Morgan fingerprint density at radius 1 is 1.21 bits per heavy atom. The van der Waals surface area contributed by atoms with E-state index < -0.39 is 23.0 Å². The number of rotatable bonds is 7. The molecule has 1 heterocycles. The predicted molar refractivity (Wildman–Crippen MR) is 129 cm³/mol. The molecule has 1 fully saturated rings. The first-order chi connectivity index (χ1) is 16.0. The highest BCUT2D eigenvalue weighted by Gasteiger charge is 2.50. The number of ether oxygens (including phenoxy) is 1. The summed E-state index contributed by atoms with van der Waals surface area (Å²) in [6.45, 7) is 6.49. The van der Waals surface area contributed by atoms with Crippen molar-refractivity contribution in [3.05, 3.63) is 70.2 Å². The third kappa shape index (κ3) is 5.02. The van der Waals surface area contributed by atoms with Crippen LogP contribution in [0.3, 0.4) is 0 Å².